The SMILES string of the molecule is Cl.NC1CC1c1ccc(OCc2ccccc2)cc1. The van der Waals surface area contributed by atoms with E-state index in [-0.39, 0.29) is 12.4 Å². The minimum Gasteiger partial charge on any atom is -0.489 e. The van der Waals surface area contributed by atoms with E-state index in [4.69, 9.17) is 10.5 Å². The average Bonchev–Trinajstić information content (AvgIpc) is 3.15. The number of nitrogens with two attached hydrogens (primary N) is 1. The first-order chi connectivity index (χ1) is 8.83. The van der Waals surface area contributed by atoms with E-state index in [1.54, 1.807) is 0 Å². The summed E-state index contributed by atoms with van der Waals surface area (Å²) >= 11 is 0. The number of hydrogen-bond donors (Lipinski definition) is 1. The number of rotatable bonds is 4. The summed E-state index contributed by atoms with van der Waals surface area (Å²) in [5, 5.41) is 0. The molecule has 0 bridgehead atoms. The lowest BCUT2D eigenvalue weighted by Gasteiger charge is -2.07. The van der Waals surface area contributed by atoms with E-state index in [1.807, 2.05) is 30.3 Å². The molecule has 100 valence electrons. The summed E-state index contributed by atoms with van der Waals surface area (Å²) in [6.45, 7) is 0.614. The van der Waals surface area contributed by atoms with Crippen LogP contribution in [0.5, 0.6) is 5.75 Å². The van der Waals surface area contributed by atoms with E-state index in [0.29, 0.717) is 18.6 Å². The lowest BCUT2D eigenvalue weighted by molar-refractivity contribution is 0.306. The minimum absolute atomic E-state index is 0. The van der Waals surface area contributed by atoms with Gasteiger partial charge in [-0.3, -0.25) is 0 Å². The fraction of sp³-hybridized carbons (Fsp3) is 0.250. The molecule has 1 saturated carbocycles. The number of halogens is 1. The van der Waals surface area contributed by atoms with Crippen molar-refractivity contribution in [2.24, 2.45) is 5.73 Å². The van der Waals surface area contributed by atoms with E-state index < -0.39 is 0 Å². The third-order valence-electron chi connectivity index (χ3n) is 3.40. The van der Waals surface area contributed by atoms with Gasteiger partial charge in [0.25, 0.3) is 0 Å². The predicted octanol–water partition coefficient (Wildman–Crippen LogP) is 3.50. The lowest BCUT2D eigenvalue weighted by atomic mass is 10.1. The summed E-state index contributed by atoms with van der Waals surface area (Å²) in [7, 11) is 0. The van der Waals surface area contributed by atoms with Crippen LogP contribution in [0.2, 0.25) is 0 Å². The van der Waals surface area contributed by atoms with Gasteiger partial charge in [-0.15, -0.1) is 12.4 Å². The summed E-state index contributed by atoms with van der Waals surface area (Å²) < 4.78 is 5.74. The van der Waals surface area contributed by atoms with E-state index in [1.165, 1.54) is 11.1 Å². The van der Waals surface area contributed by atoms with Gasteiger partial charge < -0.3 is 10.5 Å². The fourth-order valence-corrected chi connectivity index (χ4v) is 2.15. The van der Waals surface area contributed by atoms with Crippen LogP contribution in [0.15, 0.2) is 54.6 Å². The van der Waals surface area contributed by atoms with Crippen LogP contribution in [0.1, 0.15) is 23.5 Å². The molecule has 2 aromatic carbocycles. The van der Waals surface area contributed by atoms with Gasteiger partial charge in [0.2, 0.25) is 0 Å². The maximum atomic E-state index is 5.84. The van der Waals surface area contributed by atoms with Crippen molar-refractivity contribution in [3.8, 4) is 5.75 Å². The van der Waals surface area contributed by atoms with Crippen molar-refractivity contribution in [3.63, 3.8) is 0 Å². The maximum Gasteiger partial charge on any atom is 0.119 e. The molecule has 1 aliphatic rings. The second kappa shape index (κ2) is 6.09. The smallest absolute Gasteiger partial charge is 0.119 e. The quantitative estimate of drug-likeness (QED) is 0.927. The molecular formula is C16H18ClNO. The molecule has 0 aromatic heterocycles. The fourth-order valence-electron chi connectivity index (χ4n) is 2.15. The molecular weight excluding hydrogens is 258 g/mol. The van der Waals surface area contributed by atoms with Gasteiger partial charge in [-0.05, 0) is 29.7 Å². The van der Waals surface area contributed by atoms with Crippen molar-refractivity contribution in [1.29, 1.82) is 0 Å². The number of ether oxygens (including phenoxy) is 1. The third-order valence-corrected chi connectivity index (χ3v) is 3.40. The molecule has 0 saturated heterocycles. The van der Waals surface area contributed by atoms with E-state index in [9.17, 15) is 0 Å². The average molecular weight is 276 g/mol. The molecule has 0 heterocycles. The van der Waals surface area contributed by atoms with Gasteiger partial charge in [-0.2, -0.15) is 0 Å². The van der Waals surface area contributed by atoms with Gasteiger partial charge in [0.15, 0.2) is 0 Å². The first-order valence-corrected chi connectivity index (χ1v) is 6.35. The van der Waals surface area contributed by atoms with Crippen molar-refractivity contribution in [2.45, 2.75) is 25.0 Å². The van der Waals surface area contributed by atoms with Crippen molar-refractivity contribution in [3.05, 3.63) is 65.7 Å². The van der Waals surface area contributed by atoms with Crippen LogP contribution in [0.4, 0.5) is 0 Å². The topological polar surface area (TPSA) is 35.2 Å². The van der Waals surface area contributed by atoms with Crippen LogP contribution >= 0.6 is 12.4 Å². The van der Waals surface area contributed by atoms with Gasteiger partial charge >= 0.3 is 0 Å². The van der Waals surface area contributed by atoms with Crippen LogP contribution in [0.3, 0.4) is 0 Å². The molecule has 2 N–H and O–H groups in total. The summed E-state index contributed by atoms with van der Waals surface area (Å²) in [4.78, 5) is 0. The van der Waals surface area contributed by atoms with Crippen molar-refractivity contribution < 1.29 is 4.74 Å². The molecule has 0 spiro atoms. The van der Waals surface area contributed by atoms with Gasteiger partial charge in [0, 0.05) is 12.0 Å². The van der Waals surface area contributed by atoms with Crippen LogP contribution < -0.4 is 10.5 Å². The Morgan fingerprint density at radius 2 is 1.63 bits per heavy atom. The minimum atomic E-state index is 0. The van der Waals surface area contributed by atoms with Crippen molar-refractivity contribution in [2.75, 3.05) is 0 Å². The molecule has 1 aliphatic carbocycles. The van der Waals surface area contributed by atoms with Gasteiger partial charge in [-0.25, -0.2) is 0 Å². The van der Waals surface area contributed by atoms with Crippen LogP contribution in [0, 0.1) is 0 Å². The molecule has 3 rings (SSSR count). The van der Waals surface area contributed by atoms with Crippen LogP contribution in [-0.2, 0) is 6.61 Å². The number of hydrogen-bond acceptors (Lipinski definition) is 2. The van der Waals surface area contributed by atoms with Gasteiger partial charge in [-0.1, -0.05) is 42.5 Å². The molecule has 1 fully saturated rings. The maximum absolute atomic E-state index is 5.84. The van der Waals surface area contributed by atoms with E-state index >= 15 is 0 Å². The summed E-state index contributed by atoms with van der Waals surface area (Å²) in [5.41, 5.74) is 8.35. The molecule has 0 radical (unpaired) electrons. The summed E-state index contributed by atoms with van der Waals surface area (Å²) in [5.74, 6) is 1.48. The first-order valence-electron chi connectivity index (χ1n) is 6.35. The highest BCUT2D eigenvalue weighted by Gasteiger charge is 2.34. The van der Waals surface area contributed by atoms with Crippen molar-refractivity contribution >= 4 is 12.4 Å². The molecule has 2 nitrogen and oxygen atoms in total. The third kappa shape index (κ3) is 3.49. The van der Waals surface area contributed by atoms with Crippen LogP contribution in [-0.4, -0.2) is 6.04 Å². The highest BCUT2D eigenvalue weighted by atomic mass is 35.5. The van der Waals surface area contributed by atoms with Gasteiger partial charge in [0.05, 0.1) is 0 Å². The first kappa shape index (κ1) is 13.9. The second-order valence-electron chi connectivity index (χ2n) is 4.85. The Kier molecular flexibility index (Phi) is 4.46. The molecule has 19 heavy (non-hydrogen) atoms. The molecule has 2 aromatic rings. The standard InChI is InChI=1S/C16H17NO.ClH/c17-16-10-15(16)13-6-8-14(9-7-13)18-11-12-4-2-1-3-5-12;/h1-9,15-16H,10-11,17H2;1H. The monoisotopic (exact) mass is 275 g/mol. The normalized spacial score (nSPS) is 20.5. The Labute approximate surface area is 120 Å². The second-order valence-corrected chi connectivity index (χ2v) is 4.85. The van der Waals surface area contributed by atoms with E-state index in [0.717, 1.165) is 12.2 Å². The molecule has 0 aliphatic heterocycles. The highest BCUT2D eigenvalue weighted by Crippen LogP contribution is 2.39. The molecule has 2 atom stereocenters. The van der Waals surface area contributed by atoms with Gasteiger partial charge in [0.1, 0.15) is 12.4 Å². The summed E-state index contributed by atoms with van der Waals surface area (Å²) in [6, 6.07) is 18.9. The Balaban J connectivity index is 0.00000133. The molecule has 0 amide bonds. The number of benzene rings is 2. The largest absolute Gasteiger partial charge is 0.489 e. The lowest BCUT2D eigenvalue weighted by Crippen LogP contribution is -2.01. The zero-order valence-corrected chi connectivity index (χ0v) is 11.5. The van der Waals surface area contributed by atoms with E-state index in [2.05, 4.69) is 24.3 Å². The Morgan fingerprint density at radius 1 is 1.00 bits per heavy atom. The Hall–Kier alpha value is -1.51. The van der Waals surface area contributed by atoms with Crippen LogP contribution in [0.25, 0.3) is 0 Å². The summed E-state index contributed by atoms with van der Waals surface area (Å²) in [6.07, 6.45) is 1.12. The zero-order valence-electron chi connectivity index (χ0n) is 10.7. The predicted molar refractivity (Wildman–Crippen MR) is 79.8 cm³/mol. The Morgan fingerprint density at radius 3 is 2.21 bits per heavy atom. The molecule has 3 heteroatoms. The Bertz CT molecular complexity index is 512. The van der Waals surface area contributed by atoms with Crippen molar-refractivity contribution in [1.82, 2.24) is 0 Å². The highest BCUT2D eigenvalue weighted by molar-refractivity contribution is 5.85. The zero-order chi connectivity index (χ0) is 12.4. The molecule has 2 unspecified atom stereocenters.